The van der Waals surface area contributed by atoms with E-state index < -0.39 is 31.3 Å². The van der Waals surface area contributed by atoms with Gasteiger partial charge in [0.25, 0.3) is 0 Å². The van der Waals surface area contributed by atoms with E-state index in [1.165, 1.54) is 4.72 Å². The second kappa shape index (κ2) is 9.18. The molecular formula is C13H27ClF3NO4SSi. The molecule has 0 aliphatic heterocycles. The van der Waals surface area contributed by atoms with Crippen LogP contribution in [0.25, 0.3) is 0 Å². The fourth-order valence-corrected chi connectivity index (χ4v) is 3.28. The molecule has 0 saturated heterocycles. The Labute approximate surface area is 148 Å². The largest absolute Gasteiger partial charge is 0.417 e. The third kappa shape index (κ3) is 10.9. The van der Waals surface area contributed by atoms with Crippen LogP contribution < -0.4 is 4.72 Å². The van der Waals surface area contributed by atoms with Gasteiger partial charge in [-0.05, 0) is 31.0 Å². The van der Waals surface area contributed by atoms with Gasteiger partial charge >= 0.3 is 16.5 Å². The molecular weight excluding hydrogens is 387 g/mol. The smallest absolute Gasteiger partial charge is 0.402 e. The van der Waals surface area contributed by atoms with Gasteiger partial charge in [0, 0.05) is 12.0 Å². The summed E-state index contributed by atoms with van der Waals surface area (Å²) >= 11 is 6.06. The van der Waals surface area contributed by atoms with Crippen molar-refractivity contribution in [3.05, 3.63) is 0 Å². The maximum atomic E-state index is 11.9. The topological polar surface area (TPSA) is 64.6 Å². The quantitative estimate of drug-likeness (QED) is 0.437. The molecule has 1 atom stereocenters. The first-order valence-corrected chi connectivity index (χ1v) is 12.3. The van der Waals surface area contributed by atoms with Gasteiger partial charge in [-0.25, -0.2) is 0 Å². The number of hydrogen-bond donors (Lipinski definition) is 1. The molecule has 24 heavy (non-hydrogen) atoms. The highest BCUT2D eigenvalue weighted by atomic mass is 35.5. The summed E-state index contributed by atoms with van der Waals surface area (Å²) in [5.41, 5.74) is 0. The Kier molecular flexibility index (Phi) is 9.23. The maximum absolute atomic E-state index is 11.9. The van der Waals surface area contributed by atoms with E-state index in [0.29, 0.717) is 13.0 Å². The molecule has 0 radical (unpaired) electrons. The summed E-state index contributed by atoms with van der Waals surface area (Å²) in [6.07, 6.45) is -3.94. The van der Waals surface area contributed by atoms with Crippen molar-refractivity contribution in [2.45, 2.75) is 63.3 Å². The minimum Gasteiger partial charge on any atom is -0.417 e. The molecule has 0 aromatic rings. The van der Waals surface area contributed by atoms with Gasteiger partial charge in [-0.1, -0.05) is 20.8 Å². The molecule has 0 spiro atoms. The first-order valence-electron chi connectivity index (χ1n) is 7.54. The molecule has 0 amide bonds. The summed E-state index contributed by atoms with van der Waals surface area (Å²) in [6.45, 7) is 9.06. The molecule has 5 nitrogen and oxygen atoms in total. The van der Waals surface area contributed by atoms with Crippen LogP contribution in [0.5, 0.6) is 0 Å². The van der Waals surface area contributed by atoms with Crippen LogP contribution in [-0.2, 0) is 18.9 Å². The van der Waals surface area contributed by atoms with Crippen molar-refractivity contribution in [3.63, 3.8) is 0 Å². The van der Waals surface area contributed by atoms with Gasteiger partial charge in [-0.15, -0.1) is 11.6 Å². The van der Waals surface area contributed by atoms with Crippen LogP contribution in [0.1, 0.15) is 33.6 Å². The van der Waals surface area contributed by atoms with Gasteiger partial charge in [-0.3, -0.25) is 4.18 Å². The Bertz CT molecular complexity index is 481. The van der Waals surface area contributed by atoms with Gasteiger partial charge < -0.3 is 4.43 Å². The minimum atomic E-state index is -4.63. The summed E-state index contributed by atoms with van der Waals surface area (Å²) < 4.78 is 70.0. The predicted octanol–water partition coefficient (Wildman–Crippen LogP) is 3.81. The standard InChI is InChI=1S/C13H27ClF3NO4SSi/c1-12(2,3)24(4,5)22-9-7-11(14)6-8-21-23(19,20)18-10-13(15,16)17/h11,18H,6-10H2,1-5H3. The Morgan fingerprint density at radius 1 is 1.12 bits per heavy atom. The van der Waals surface area contributed by atoms with Gasteiger partial charge in [-0.2, -0.15) is 26.3 Å². The molecule has 146 valence electrons. The Balaban J connectivity index is 4.05. The van der Waals surface area contributed by atoms with E-state index in [1.807, 2.05) is 0 Å². The molecule has 0 aromatic carbocycles. The second-order valence-electron chi connectivity index (χ2n) is 7.00. The molecule has 0 saturated carbocycles. The summed E-state index contributed by atoms with van der Waals surface area (Å²) in [5.74, 6) is 0. The lowest BCUT2D eigenvalue weighted by Gasteiger charge is -2.36. The van der Waals surface area contributed by atoms with E-state index in [9.17, 15) is 21.6 Å². The van der Waals surface area contributed by atoms with Gasteiger partial charge in [0.15, 0.2) is 8.32 Å². The van der Waals surface area contributed by atoms with E-state index in [2.05, 4.69) is 38.0 Å². The number of alkyl halides is 4. The zero-order valence-corrected chi connectivity index (χ0v) is 17.2. The fraction of sp³-hybridized carbons (Fsp3) is 1.00. The number of halogens is 4. The molecule has 11 heteroatoms. The average Bonchev–Trinajstić information content (AvgIpc) is 2.34. The summed E-state index contributed by atoms with van der Waals surface area (Å²) in [5, 5.41) is -0.302. The van der Waals surface area contributed by atoms with E-state index in [1.54, 1.807) is 0 Å². The first-order chi connectivity index (χ1) is 10.6. The van der Waals surface area contributed by atoms with Crippen molar-refractivity contribution >= 4 is 30.2 Å². The van der Waals surface area contributed by atoms with Crippen LogP contribution in [0.4, 0.5) is 13.2 Å². The SMILES string of the molecule is CC(C)(C)[Si](C)(C)OCCC(Cl)CCOS(=O)(=O)NCC(F)(F)F. The van der Waals surface area contributed by atoms with Gasteiger partial charge in [0.2, 0.25) is 0 Å². The summed E-state index contributed by atoms with van der Waals surface area (Å²) in [6, 6.07) is 0. The molecule has 0 bridgehead atoms. The Morgan fingerprint density at radius 3 is 2.08 bits per heavy atom. The van der Waals surface area contributed by atoms with E-state index in [-0.39, 0.29) is 23.4 Å². The van der Waals surface area contributed by atoms with E-state index in [4.69, 9.17) is 16.0 Å². The van der Waals surface area contributed by atoms with Crippen LogP contribution in [-0.4, -0.2) is 48.0 Å². The lowest BCUT2D eigenvalue weighted by Crippen LogP contribution is -2.41. The molecule has 0 fully saturated rings. The summed E-state index contributed by atoms with van der Waals surface area (Å²) in [7, 11) is -6.29. The van der Waals surface area contributed by atoms with Crippen LogP contribution in [0, 0.1) is 0 Å². The Hall–Kier alpha value is 0.127. The third-order valence-corrected chi connectivity index (χ3v) is 9.77. The van der Waals surface area contributed by atoms with Crippen LogP contribution in [0.2, 0.25) is 18.1 Å². The molecule has 1 N–H and O–H groups in total. The number of hydrogen-bond acceptors (Lipinski definition) is 4. The second-order valence-corrected chi connectivity index (χ2v) is 13.9. The molecule has 0 heterocycles. The minimum absolute atomic E-state index is 0.0795. The zero-order chi connectivity index (χ0) is 19.2. The van der Waals surface area contributed by atoms with Crippen molar-refractivity contribution in [1.29, 1.82) is 0 Å². The zero-order valence-electron chi connectivity index (χ0n) is 14.7. The molecule has 0 rings (SSSR count). The molecule has 0 aromatic heterocycles. The number of nitrogens with one attached hydrogen (secondary N) is 1. The number of rotatable bonds is 10. The molecule has 1 unspecified atom stereocenters. The first kappa shape index (κ1) is 24.1. The van der Waals surface area contributed by atoms with Crippen molar-refractivity contribution in [1.82, 2.24) is 4.72 Å². The molecule has 0 aliphatic carbocycles. The normalized spacial score (nSPS) is 15.5. The van der Waals surface area contributed by atoms with Crippen molar-refractivity contribution in [2.24, 2.45) is 0 Å². The maximum Gasteiger partial charge on any atom is 0.402 e. The highest BCUT2D eigenvalue weighted by Crippen LogP contribution is 2.36. The van der Waals surface area contributed by atoms with Crippen LogP contribution in [0.15, 0.2) is 0 Å². The monoisotopic (exact) mass is 413 g/mol. The summed E-state index contributed by atoms with van der Waals surface area (Å²) in [4.78, 5) is 0. The fourth-order valence-electron chi connectivity index (χ4n) is 1.30. The van der Waals surface area contributed by atoms with Gasteiger partial charge in [0.05, 0.1) is 6.61 Å². The average molecular weight is 414 g/mol. The van der Waals surface area contributed by atoms with Crippen molar-refractivity contribution < 1.29 is 30.2 Å². The highest BCUT2D eigenvalue weighted by Gasteiger charge is 2.37. The molecule has 0 aliphatic rings. The van der Waals surface area contributed by atoms with E-state index in [0.717, 1.165) is 0 Å². The van der Waals surface area contributed by atoms with Crippen molar-refractivity contribution in [2.75, 3.05) is 19.8 Å². The Morgan fingerprint density at radius 2 is 1.62 bits per heavy atom. The lowest BCUT2D eigenvalue weighted by molar-refractivity contribution is -0.121. The van der Waals surface area contributed by atoms with Crippen molar-refractivity contribution in [3.8, 4) is 0 Å². The predicted molar refractivity (Wildman–Crippen MR) is 91.0 cm³/mol. The van der Waals surface area contributed by atoms with E-state index >= 15 is 0 Å². The van der Waals surface area contributed by atoms with Gasteiger partial charge in [0.1, 0.15) is 6.54 Å². The van der Waals surface area contributed by atoms with Crippen LogP contribution >= 0.6 is 11.6 Å². The van der Waals surface area contributed by atoms with Crippen LogP contribution in [0.3, 0.4) is 0 Å². The highest BCUT2D eigenvalue weighted by molar-refractivity contribution is 7.84. The lowest BCUT2D eigenvalue weighted by atomic mass is 10.2. The third-order valence-electron chi connectivity index (χ3n) is 3.82.